The lowest BCUT2D eigenvalue weighted by molar-refractivity contribution is -0.0571. The van der Waals surface area contributed by atoms with Crippen LogP contribution < -0.4 is 5.73 Å². The highest BCUT2D eigenvalue weighted by molar-refractivity contribution is 6.25. The fourth-order valence-electron chi connectivity index (χ4n) is 4.74. The number of imide groups is 1. The van der Waals surface area contributed by atoms with E-state index < -0.39 is 17.7 Å². The zero-order valence-corrected chi connectivity index (χ0v) is 15.5. The van der Waals surface area contributed by atoms with Crippen LogP contribution >= 0.6 is 0 Å². The van der Waals surface area contributed by atoms with Gasteiger partial charge < -0.3 is 10.6 Å². The highest BCUT2D eigenvalue weighted by Gasteiger charge is 2.44. The summed E-state index contributed by atoms with van der Waals surface area (Å²) in [6.45, 7) is 1.33. The number of nitrogens with two attached hydrogens (primary N) is 1. The minimum absolute atomic E-state index is 0.0684. The van der Waals surface area contributed by atoms with Crippen molar-refractivity contribution in [3.05, 3.63) is 34.9 Å². The van der Waals surface area contributed by atoms with Crippen molar-refractivity contribution in [1.82, 2.24) is 9.80 Å². The normalized spacial score (nSPS) is 23.9. The van der Waals surface area contributed by atoms with Gasteiger partial charge in [0.15, 0.2) is 0 Å². The summed E-state index contributed by atoms with van der Waals surface area (Å²) in [5, 5.41) is 0. The van der Waals surface area contributed by atoms with Gasteiger partial charge in [-0.25, -0.2) is 8.78 Å². The first kappa shape index (κ1) is 19.0. The smallest absolute Gasteiger partial charge is 0.262 e. The van der Waals surface area contributed by atoms with E-state index in [1.807, 2.05) is 0 Å². The molecule has 0 spiro atoms. The summed E-state index contributed by atoms with van der Waals surface area (Å²) >= 11 is 0. The van der Waals surface area contributed by atoms with E-state index in [0.29, 0.717) is 38.8 Å². The van der Waals surface area contributed by atoms with Crippen molar-refractivity contribution in [3.63, 3.8) is 0 Å². The van der Waals surface area contributed by atoms with Gasteiger partial charge >= 0.3 is 0 Å². The maximum atomic E-state index is 13.4. The van der Waals surface area contributed by atoms with Gasteiger partial charge in [-0.05, 0) is 37.8 Å². The van der Waals surface area contributed by atoms with E-state index >= 15 is 0 Å². The van der Waals surface area contributed by atoms with Gasteiger partial charge in [0.1, 0.15) is 0 Å². The molecule has 2 N–H and O–H groups in total. The molecular weight excluding hydrogens is 368 g/mol. The van der Waals surface area contributed by atoms with Gasteiger partial charge in [-0.2, -0.15) is 0 Å². The molecule has 0 unspecified atom stereocenters. The molecule has 0 atom stereocenters. The number of halogens is 2. The van der Waals surface area contributed by atoms with Crippen LogP contribution in [-0.2, 0) is 0 Å². The van der Waals surface area contributed by atoms with E-state index in [1.54, 1.807) is 12.1 Å². The average Bonchev–Trinajstić information content (AvgIpc) is 2.93. The van der Waals surface area contributed by atoms with Crippen LogP contribution in [0.3, 0.4) is 0 Å². The number of rotatable bonds is 3. The van der Waals surface area contributed by atoms with Gasteiger partial charge in [0, 0.05) is 38.0 Å². The Morgan fingerprint density at radius 3 is 2.25 bits per heavy atom. The molecule has 6 nitrogen and oxygen atoms in total. The summed E-state index contributed by atoms with van der Waals surface area (Å²) in [6.07, 6.45) is 2.01. The highest BCUT2D eigenvalue weighted by atomic mass is 19.3. The first-order valence-electron chi connectivity index (χ1n) is 9.71. The van der Waals surface area contributed by atoms with Gasteiger partial charge in [-0.1, -0.05) is 6.07 Å². The average molecular weight is 391 g/mol. The zero-order chi connectivity index (χ0) is 20.1. The van der Waals surface area contributed by atoms with Gasteiger partial charge in [-0.15, -0.1) is 0 Å². The number of benzene rings is 1. The van der Waals surface area contributed by atoms with Crippen LogP contribution in [0.4, 0.5) is 8.78 Å². The van der Waals surface area contributed by atoms with Crippen molar-refractivity contribution in [2.24, 2.45) is 5.73 Å². The van der Waals surface area contributed by atoms with Crippen LogP contribution in [0.25, 0.3) is 0 Å². The number of piperidine rings is 1. The molecule has 0 radical (unpaired) electrons. The molecule has 2 fully saturated rings. The molecule has 3 aliphatic rings. The number of hydrogen-bond donors (Lipinski definition) is 1. The lowest BCUT2D eigenvalue weighted by atomic mass is 9.89. The van der Waals surface area contributed by atoms with E-state index in [0.717, 1.165) is 0 Å². The van der Waals surface area contributed by atoms with E-state index in [9.17, 15) is 23.2 Å². The quantitative estimate of drug-likeness (QED) is 0.802. The summed E-state index contributed by atoms with van der Waals surface area (Å²) in [4.78, 5) is 40.8. The van der Waals surface area contributed by atoms with Gasteiger partial charge in [0.25, 0.3) is 11.8 Å². The lowest BCUT2D eigenvalue weighted by Gasteiger charge is -2.42. The Kier molecular flexibility index (Phi) is 4.69. The van der Waals surface area contributed by atoms with Gasteiger partial charge in [0.05, 0.1) is 16.7 Å². The minimum atomic E-state index is -2.55. The third-order valence-corrected chi connectivity index (χ3v) is 6.28. The number of hydrogen-bond acceptors (Lipinski definition) is 4. The summed E-state index contributed by atoms with van der Waals surface area (Å²) in [5.74, 6) is -4.14. The molecule has 8 heteroatoms. The Morgan fingerprint density at radius 2 is 1.64 bits per heavy atom. The van der Waals surface area contributed by atoms with Crippen LogP contribution in [-0.4, -0.2) is 58.6 Å². The van der Waals surface area contributed by atoms with Crippen LogP contribution in [0.5, 0.6) is 0 Å². The van der Waals surface area contributed by atoms with Crippen molar-refractivity contribution in [3.8, 4) is 0 Å². The Hall–Kier alpha value is -2.35. The van der Waals surface area contributed by atoms with Crippen LogP contribution in [0.1, 0.15) is 69.6 Å². The number of alkyl halides is 2. The summed E-state index contributed by atoms with van der Waals surface area (Å²) in [5.41, 5.74) is 5.74. The molecule has 4 rings (SSSR count). The van der Waals surface area contributed by atoms with Crippen LogP contribution in [0.2, 0.25) is 0 Å². The first-order valence-corrected chi connectivity index (χ1v) is 9.71. The summed E-state index contributed by atoms with van der Waals surface area (Å²) < 4.78 is 26.8. The molecule has 1 saturated heterocycles. The fraction of sp³-hybridized carbons (Fsp3) is 0.550. The zero-order valence-electron chi connectivity index (χ0n) is 15.5. The molecule has 0 aromatic heterocycles. The highest BCUT2D eigenvalue weighted by Crippen LogP contribution is 2.37. The number of fused-ring (bicyclic) bond motifs is 1. The molecule has 1 aromatic carbocycles. The van der Waals surface area contributed by atoms with Crippen LogP contribution in [0.15, 0.2) is 18.2 Å². The van der Waals surface area contributed by atoms with Crippen molar-refractivity contribution in [1.29, 1.82) is 0 Å². The molecule has 1 aromatic rings. The van der Waals surface area contributed by atoms with Crippen molar-refractivity contribution in [2.45, 2.75) is 56.5 Å². The first-order chi connectivity index (χ1) is 13.3. The maximum absolute atomic E-state index is 13.4. The second-order valence-electron chi connectivity index (χ2n) is 7.93. The molecule has 3 amide bonds. The number of carbonyl (C=O) groups excluding carboxylic acids is 3. The van der Waals surface area contributed by atoms with Crippen molar-refractivity contribution in [2.75, 3.05) is 13.1 Å². The predicted octanol–water partition coefficient (Wildman–Crippen LogP) is 2.42. The second kappa shape index (κ2) is 6.92. The van der Waals surface area contributed by atoms with Crippen LogP contribution in [0, 0.1) is 0 Å². The third kappa shape index (κ3) is 3.19. The second-order valence-corrected chi connectivity index (χ2v) is 7.93. The van der Waals surface area contributed by atoms with Crippen molar-refractivity contribution < 1.29 is 23.2 Å². The number of amides is 3. The number of carbonyl (C=O) groups is 3. The molecular formula is C20H23F2N3O3. The largest absolute Gasteiger partial charge is 0.366 e. The van der Waals surface area contributed by atoms with E-state index in [1.165, 1.54) is 11.0 Å². The Morgan fingerprint density at radius 1 is 1.00 bits per heavy atom. The molecule has 0 bridgehead atoms. The lowest BCUT2D eigenvalue weighted by Crippen LogP contribution is -2.51. The summed E-state index contributed by atoms with van der Waals surface area (Å²) in [6, 6.07) is 4.43. The molecule has 150 valence electrons. The monoisotopic (exact) mass is 391 g/mol. The number of nitrogens with zero attached hydrogens (tertiary/aromatic N) is 2. The fourth-order valence-corrected chi connectivity index (χ4v) is 4.74. The van der Waals surface area contributed by atoms with Gasteiger partial charge in [-0.3, -0.25) is 19.3 Å². The molecule has 28 heavy (non-hydrogen) atoms. The molecule has 2 aliphatic heterocycles. The number of likely N-dealkylation sites (tertiary alicyclic amines) is 1. The Bertz CT molecular complexity index is 824. The molecule has 1 aliphatic carbocycles. The van der Waals surface area contributed by atoms with E-state index in [2.05, 4.69) is 4.90 Å². The number of primary amides is 1. The SMILES string of the molecule is NC(=O)c1cccc2c1C(=O)N(C1CCN(C3CCC(F)(F)CC3)CC1)C2=O. The topological polar surface area (TPSA) is 83.7 Å². The predicted molar refractivity (Wildman–Crippen MR) is 97.3 cm³/mol. The molecule has 1 saturated carbocycles. The van der Waals surface area contributed by atoms with Crippen molar-refractivity contribution >= 4 is 17.7 Å². The Balaban J connectivity index is 1.44. The summed E-state index contributed by atoms with van der Waals surface area (Å²) in [7, 11) is 0. The Labute approximate surface area is 161 Å². The standard InChI is InChI=1S/C20H23F2N3O3/c21-20(22)8-4-12(5-9-20)24-10-6-13(7-11-24)25-18(27)15-3-1-2-14(17(23)26)16(15)19(25)28/h1-3,12-13H,4-11H2,(H2,23,26). The maximum Gasteiger partial charge on any atom is 0.262 e. The van der Waals surface area contributed by atoms with E-state index in [4.69, 9.17) is 5.73 Å². The van der Waals surface area contributed by atoms with E-state index in [-0.39, 0.29) is 47.5 Å². The third-order valence-electron chi connectivity index (χ3n) is 6.28. The van der Waals surface area contributed by atoms with Gasteiger partial charge in [0.2, 0.25) is 11.8 Å². The minimum Gasteiger partial charge on any atom is -0.366 e. The molecule has 2 heterocycles.